The number of hydrogen-bond donors (Lipinski definition) is 1. The molecule has 1 aromatic rings. The van der Waals surface area contributed by atoms with Gasteiger partial charge in [0.05, 0.1) is 0 Å². The van der Waals surface area contributed by atoms with Crippen LogP contribution in [0.5, 0.6) is 0 Å². The standard InChI is InChI=1S/C12H15N/c1-2-12(13)11-8-7-9-5-3-4-6-10(9)11/h2-6,11-12H,1,7-8,13H2. The number of rotatable bonds is 2. The second kappa shape index (κ2) is 3.35. The zero-order chi connectivity index (χ0) is 9.26. The molecule has 0 aliphatic heterocycles. The van der Waals surface area contributed by atoms with E-state index in [0.717, 1.165) is 0 Å². The highest BCUT2D eigenvalue weighted by Crippen LogP contribution is 2.34. The Morgan fingerprint density at radius 3 is 3.00 bits per heavy atom. The molecule has 2 atom stereocenters. The van der Waals surface area contributed by atoms with E-state index in [4.69, 9.17) is 5.73 Å². The average molecular weight is 173 g/mol. The van der Waals surface area contributed by atoms with E-state index in [1.807, 2.05) is 6.08 Å². The smallest absolute Gasteiger partial charge is 0.0291 e. The van der Waals surface area contributed by atoms with Crippen molar-refractivity contribution in [2.75, 3.05) is 0 Å². The first-order valence-corrected chi connectivity index (χ1v) is 4.79. The third-order valence-corrected chi connectivity index (χ3v) is 2.92. The molecule has 0 amide bonds. The molecule has 13 heavy (non-hydrogen) atoms. The predicted octanol–water partition coefficient (Wildman–Crippen LogP) is 2.23. The summed E-state index contributed by atoms with van der Waals surface area (Å²) >= 11 is 0. The van der Waals surface area contributed by atoms with Gasteiger partial charge >= 0.3 is 0 Å². The van der Waals surface area contributed by atoms with E-state index in [9.17, 15) is 0 Å². The van der Waals surface area contributed by atoms with Crippen LogP contribution in [0, 0.1) is 0 Å². The monoisotopic (exact) mass is 173 g/mol. The van der Waals surface area contributed by atoms with E-state index in [1.165, 1.54) is 24.0 Å². The van der Waals surface area contributed by atoms with Crippen molar-refractivity contribution in [3.63, 3.8) is 0 Å². The fourth-order valence-electron chi connectivity index (χ4n) is 2.15. The zero-order valence-corrected chi connectivity index (χ0v) is 7.74. The molecule has 0 bridgehead atoms. The second-order valence-electron chi connectivity index (χ2n) is 3.66. The number of benzene rings is 1. The van der Waals surface area contributed by atoms with E-state index in [1.54, 1.807) is 0 Å². The van der Waals surface area contributed by atoms with E-state index in [2.05, 4.69) is 30.8 Å². The maximum atomic E-state index is 5.98. The molecule has 0 saturated heterocycles. The summed E-state index contributed by atoms with van der Waals surface area (Å²) in [6.45, 7) is 3.75. The highest BCUT2D eigenvalue weighted by molar-refractivity contribution is 5.36. The summed E-state index contributed by atoms with van der Waals surface area (Å²) in [5.74, 6) is 0.494. The van der Waals surface area contributed by atoms with Crippen molar-refractivity contribution < 1.29 is 0 Å². The minimum absolute atomic E-state index is 0.114. The van der Waals surface area contributed by atoms with Gasteiger partial charge in [0.25, 0.3) is 0 Å². The molecule has 0 fully saturated rings. The van der Waals surface area contributed by atoms with Crippen molar-refractivity contribution in [2.24, 2.45) is 5.73 Å². The average Bonchev–Trinajstić information content (AvgIpc) is 2.60. The predicted molar refractivity (Wildman–Crippen MR) is 55.7 cm³/mol. The number of nitrogens with two attached hydrogens (primary N) is 1. The normalized spacial score (nSPS) is 22.4. The lowest BCUT2D eigenvalue weighted by Crippen LogP contribution is -2.24. The van der Waals surface area contributed by atoms with Crippen LogP contribution in [0.2, 0.25) is 0 Å². The maximum absolute atomic E-state index is 5.98. The molecular formula is C12H15N. The van der Waals surface area contributed by atoms with Crippen molar-refractivity contribution in [3.8, 4) is 0 Å². The molecule has 0 aromatic heterocycles. The van der Waals surface area contributed by atoms with Crippen LogP contribution in [0.1, 0.15) is 23.5 Å². The van der Waals surface area contributed by atoms with Crippen molar-refractivity contribution in [2.45, 2.75) is 24.8 Å². The zero-order valence-electron chi connectivity index (χ0n) is 7.74. The molecule has 2 N–H and O–H groups in total. The molecule has 0 spiro atoms. The minimum atomic E-state index is 0.114. The van der Waals surface area contributed by atoms with E-state index < -0.39 is 0 Å². The second-order valence-corrected chi connectivity index (χ2v) is 3.66. The first-order chi connectivity index (χ1) is 6.33. The summed E-state index contributed by atoms with van der Waals surface area (Å²) in [5, 5.41) is 0. The largest absolute Gasteiger partial charge is 0.324 e. The molecular weight excluding hydrogens is 158 g/mol. The Balaban J connectivity index is 2.33. The topological polar surface area (TPSA) is 26.0 Å². The van der Waals surface area contributed by atoms with Crippen LogP contribution in [-0.4, -0.2) is 6.04 Å². The molecule has 0 radical (unpaired) electrons. The van der Waals surface area contributed by atoms with Crippen LogP contribution in [0.4, 0.5) is 0 Å². The van der Waals surface area contributed by atoms with Crippen molar-refractivity contribution >= 4 is 0 Å². The van der Waals surface area contributed by atoms with Gasteiger partial charge in [-0.2, -0.15) is 0 Å². The van der Waals surface area contributed by atoms with Gasteiger partial charge in [-0.1, -0.05) is 30.3 Å². The number of fused-ring (bicyclic) bond motifs is 1. The lowest BCUT2D eigenvalue weighted by Gasteiger charge is -2.16. The van der Waals surface area contributed by atoms with E-state index >= 15 is 0 Å². The molecule has 0 heterocycles. The first-order valence-electron chi connectivity index (χ1n) is 4.79. The van der Waals surface area contributed by atoms with Gasteiger partial charge in [-0.25, -0.2) is 0 Å². The van der Waals surface area contributed by atoms with Gasteiger partial charge < -0.3 is 5.73 Å². The van der Waals surface area contributed by atoms with Gasteiger partial charge in [0, 0.05) is 12.0 Å². The van der Waals surface area contributed by atoms with Crippen LogP contribution in [-0.2, 0) is 6.42 Å². The van der Waals surface area contributed by atoms with Crippen LogP contribution < -0.4 is 5.73 Å². The lowest BCUT2D eigenvalue weighted by atomic mass is 9.94. The van der Waals surface area contributed by atoms with Gasteiger partial charge in [0.1, 0.15) is 0 Å². The van der Waals surface area contributed by atoms with Crippen molar-refractivity contribution in [1.82, 2.24) is 0 Å². The molecule has 1 aromatic carbocycles. The number of aryl methyl sites for hydroxylation is 1. The Kier molecular flexibility index (Phi) is 2.19. The fraction of sp³-hybridized carbons (Fsp3) is 0.333. The van der Waals surface area contributed by atoms with E-state index in [-0.39, 0.29) is 6.04 Å². The van der Waals surface area contributed by atoms with Gasteiger partial charge in [-0.3, -0.25) is 0 Å². The SMILES string of the molecule is C=CC(N)C1CCc2ccccc21. The summed E-state index contributed by atoms with van der Waals surface area (Å²) in [5.41, 5.74) is 8.86. The Hall–Kier alpha value is -1.08. The highest BCUT2D eigenvalue weighted by Gasteiger charge is 2.25. The summed E-state index contributed by atoms with van der Waals surface area (Å²) in [6.07, 6.45) is 4.20. The quantitative estimate of drug-likeness (QED) is 0.682. The third kappa shape index (κ3) is 1.40. The Labute approximate surface area is 79.3 Å². The first kappa shape index (κ1) is 8.52. The van der Waals surface area contributed by atoms with Crippen LogP contribution >= 0.6 is 0 Å². The Bertz CT molecular complexity index is 317. The molecule has 1 aliphatic carbocycles. The van der Waals surface area contributed by atoms with Gasteiger partial charge in [0.2, 0.25) is 0 Å². The molecule has 2 unspecified atom stereocenters. The van der Waals surface area contributed by atoms with Gasteiger partial charge in [0.15, 0.2) is 0 Å². The molecule has 68 valence electrons. The van der Waals surface area contributed by atoms with Crippen LogP contribution in [0.25, 0.3) is 0 Å². The summed E-state index contributed by atoms with van der Waals surface area (Å²) in [7, 11) is 0. The molecule has 0 saturated carbocycles. The van der Waals surface area contributed by atoms with Gasteiger partial charge in [-0.15, -0.1) is 6.58 Å². The van der Waals surface area contributed by atoms with Crippen molar-refractivity contribution in [3.05, 3.63) is 48.0 Å². The molecule has 1 heteroatoms. The van der Waals surface area contributed by atoms with Crippen molar-refractivity contribution in [1.29, 1.82) is 0 Å². The number of hydrogen-bond acceptors (Lipinski definition) is 1. The van der Waals surface area contributed by atoms with Gasteiger partial charge in [-0.05, 0) is 24.0 Å². The van der Waals surface area contributed by atoms with Crippen LogP contribution in [0.3, 0.4) is 0 Å². The summed E-state index contributed by atoms with van der Waals surface area (Å²) in [6, 6.07) is 8.69. The van der Waals surface area contributed by atoms with Crippen LogP contribution in [0.15, 0.2) is 36.9 Å². The lowest BCUT2D eigenvalue weighted by molar-refractivity contribution is 0.605. The van der Waals surface area contributed by atoms with E-state index in [0.29, 0.717) is 5.92 Å². The fourth-order valence-corrected chi connectivity index (χ4v) is 2.15. The minimum Gasteiger partial charge on any atom is -0.324 e. The maximum Gasteiger partial charge on any atom is 0.0291 e. The highest BCUT2D eigenvalue weighted by atomic mass is 14.6. The summed E-state index contributed by atoms with van der Waals surface area (Å²) < 4.78 is 0. The Morgan fingerprint density at radius 1 is 1.46 bits per heavy atom. The summed E-state index contributed by atoms with van der Waals surface area (Å²) in [4.78, 5) is 0. The molecule has 1 aliphatic rings. The Morgan fingerprint density at radius 2 is 2.23 bits per heavy atom. The molecule has 2 rings (SSSR count). The third-order valence-electron chi connectivity index (χ3n) is 2.92. The molecule has 1 nitrogen and oxygen atoms in total.